The van der Waals surface area contributed by atoms with Gasteiger partial charge in [-0.25, -0.2) is 8.78 Å². The second kappa shape index (κ2) is 8.15. The monoisotopic (exact) mass is 391 g/mol. The molecule has 0 spiro atoms. The topological polar surface area (TPSA) is 61.4 Å². The van der Waals surface area contributed by atoms with Crippen LogP contribution >= 0.6 is 0 Å². The minimum atomic E-state index is -0.599. The number of benzene rings is 1. The van der Waals surface area contributed by atoms with Crippen LogP contribution in [0.5, 0.6) is 0 Å². The third-order valence-corrected chi connectivity index (χ3v) is 6.24. The smallest absolute Gasteiger partial charge is 0.237 e. The Morgan fingerprint density at radius 2 is 2.07 bits per heavy atom. The Balaban J connectivity index is 1.28. The summed E-state index contributed by atoms with van der Waals surface area (Å²) in [6.07, 6.45) is 4.43. The number of halogens is 2. The van der Waals surface area contributed by atoms with Gasteiger partial charge in [-0.2, -0.15) is 0 Å². The molecule has 3 aliphatic rings. The predicted octanol–water partition coefficient (Wildman–Crippen LogP) is 2.18. The molecule has 5 nitrogen and oxygen atoms in total. The SMILES string of the molecule is O=C(NCC1CCCN(C(=O)C2CC2c2ccc(F)cc2F)C1)C1CCCN1. The number of amides is 2. The first-order chi connectivity index (χ1) is 13.5. The van der Waals surface area contributed by atoms with E-state index in [0.717, 1.165) is 38.3 Å². The zero-order valence-corrected chi connectivity index (χ0v) is 15.9. The highest BCUT2D eigenvalue weighted by Gasteiger charge is 2.47. The van der Waals surface area contributed by atoms with Crippen molar-refractivity contribution in [2.75, 3.05) is 26.2 Å². The number of nitrogens with one attached hydrogen (secondary N) is 2. The van der Waals surface area contributed by atoms with Gasteiger partial charge in [0.2, 0.25) is 11.8 Å². The molecule has 2 N–H and O–H groups in total. The van der Waals surface area contributed by atoms with Gasteiger partial charge in [0.05, 0.1) is 6.04 Å². The standard InChI is InChI=1S/C21H27F2N3O2/c22-14-5-6-15(18(23)9-14)16-10-17(16)21(28)26-8-2-3-13(12-26)11-25-20(27)19-4-1-7-24-19/h5-6,9,13,16-17,19,24H,1-4,7-8,10-12H2,(H,25,27). The van der Waals surface area contributed by atoms with Crippen LogP contribution in [0, 0.1) is 23.5 Å². The first kappa shape index (κ1) is 19.3. The lowest BCUT2D eigenvalue weighted by Crippen LogP contribution is -2.47. The largest absolute Gasteiger partial charge is 0.354 e. The number of hydrogen-bond donors (Lipinski definition) is 2. The molecule has 2 heterocycles. The van der Waals surface area contributed by atoms with E-state index in [-0.39, 0.29) is 35.6 Å². The van der Waals surface area contributed by atoms with Crippen LogP contribution < -0.4 is 10.6 Å². The molecule has 1 aliphatic carbocycles. The van der Waals surface area contributed by atoms with Gasteiger partial charge in [-0.1, -0.05) is 6.07 Å². The van der Waals surface area contributed by atoms with E-state index in [9.17, 15) is 18.4 Å². The number of piperidine rings is 1. The summed E-state index contributed by atoms with van der Waals surface area (Å²) in [6.45, 7) is 2.82. The van der Waals surface area contributed by atoms with E-state index in [1.54, 1.807) is 0 Å². The van der Waals surface area contributed by atoms with E-state index in [1.165, 1.54) is 12.1 Å². The van der Waals surface area contributed by atoms with Crippen molar-refractivity contribution in [3.8, 4) is 0 Å². The van der Waals surface area contributed by atoms with Crippen molar-refractivity contribution in [2.24, 2.45) is 11.8 Å². The summed E-state index contributed by atoms with van der Waals surface area (Å²) < 4.78 is 27.1. The van der Waals surface area contributed by atoms with Crippen LogP contribution in [0.1, 0.15) is 43.6 Å². The Morgan fingerprint density at radius 3 is 2.82 bits per heavy atom. The van der Waals surface area contributed by atoms with Crippen LogP contribution in [0.25, 0.3) is 0 Å². The molecule has 2 saturated heterocycles. The number of rotatable bonds is 5. The maximum atomic E-state index is 14.0. The second-order valence-electron chi connectivity index (χ2n) is 8.30. The van der Waals surface area contributed by atoms with Crippen molar-refractivity contribution < 1.29 is 18.4 Å². The number of likely N-dealkylation sites (tertiary alicyclic amines) is 1. The summed E-state index contributed by atoms with van der Waals surface area (Å²) in [6, 6.07) is 3.50. The number of hydrogen-bond acceptors (Lipinski definition) is 3. The minimum Gasteiger partial charge on any atom is -0.354 e. The van der Waals surface area contributed by atoms with Crippen molar-refractivity contribution in [3.63, 3.8) is 0 Å². The zero-order chi connectivity index (χ0) is 19.7. The van der Waals surface area contributed by atoms with Crippen LogP contribution in [-0.2, 0) is 9.59 Å². The van der Waals surface area contributed by atoms with E-state index >= 15 is 0 Å². The van der Waals surface area contributed by atoms with Gasteiger partial charge in [-0.15, -0.1) is 0 Å². The lowest BCUT2D eigenvalue weighted by molar-refractivity contribution is -0.134. The molecule has 4 unspecified atom stereocenters. The third kappa shape index (κ3) is 4.19. The highest BCUT2D eigenvalue weighted by Crippen LogP contribution is 2.49. The lowest BCUT2D eigenvalue weighted by atomic mass is 9.97. The summed E-state index contributed by atoms with van der Waals surface area (Å²) in [5.74, 6) is -1.17. The lowest BCUT2D eigenvalue weighted by Gasteiger charge is -2.33. The highest BCUT2D eigenvalue weighted by atomic mass is 19.1. The maximum Gasteiger partial charge on any atom is 0.237 e. The van der Waals surface area contributed by atoms with Crippen LogP contribution in [0.15, 0.2) is 18.2 Å². The Bertz CT molecular complexity index is 751. The average Bonchev–Trinajstić information content (AvgIpc) is 3.27. The predicted molar refractivity (Wildman–Crippen MR) is 101 cm³/mol. The van der Waals surface area contributed by atoms with E-state index in [1.807, 2.05) is 4.90 Å². The zero-order valence-electron chi connectivity index (χ0n) is 15.9. The summed E-state index contributed by atoms with van der Waals surface area (Å²) >= 11 is 0. The van der Waals surface area contributed by atoms with Crippen LogP contribution in [-0.4, -0.2) is 48.9 Å². The molecule has 2 amide bonds. The van der Waals surface area contributed by atoms with E-state index < -0.39 is 11.6 Å². The molecule has 3 fully saturated rings. The fraction of sp³-hybridized carbons (Fsp3) is 0.619. The Morgan fingerprint density at radius 1 is 1.21 bits per heavy atom. The molecule has 0 bridgehead atoms. The first-order valence-corrected chi connectivity index (χ1v) is 10.3. The molecule has 1 saturated carbocycles. The van der Waals surface area contributed by atoms with Gasteiger partial charge < -0.3 is 15.5 Å². The summed E-state index contributed by atoms with van der Waals surface area (Å²) in [4.78, 5) is 26.9. The maximum absolute atomic E-state index is 14.0. The van der Waals surface area contributed by atoms with E-state index in [0.29, 0.717) is 31.6 Å². The van der Waals surface area contributed by atoms with Crippen molar-refractivity contribution in [1.29, 1.82) is 0 Å². The molecule has 2 aliphatic heterocycles. The third-order valence-electron chi connectivity index (χ3n) is 6.24. The fourth-order valence-electron chi connectivity index (χ4n) is 4.56. The molecular formula is C21H27F2N3O2. The average molecular weight is 391 g/mol. The Labute approximate surface area is 163 Å². The molecule has 0 radical (unpaired) electrons. The Kier molecular flexibility index (Phi) is 5.62. The van der Waals surface area contributed by atoms with Crippen molar-refractivity contribution in [3.05, 3.63) is 35.4 Å². The number of nitrogens with zero attached hydrogens (tertiary/aromatic N) is 1. The van der Waals surface area contributed by atoms with Gasteiger partial charge in [0, 0.05) is 31.6 Å². The minimum absolute atomic E-state index is 0.0509. The molecule has 152 valence electrons. The second-order valence-corrected chi connectivity index (χ2v) is 8.30. The molecule has 1 aromatic carbocycles. The van der Waals surface area contributed by atoms with Gasteiger partial charge in [-0.3, -0.25) is 9.59 Å². The molecule has 0 aromatic heterocycles. The van der Waals surface area contributed by atoms with Crippen LogP contribution in [0.3, 0.4) is 0 Å². The fourth-order valence-corrected chi connectivity index (χ4v) is 4.56. The van der Waals surface area contributed by atoms with Gasteiger partial charge in [-0.05, 0) is 62.1 Å². The molecule has 28 heavy (non-hydrogen) atoms. The quantitative estimate of drug-likeness (QED) is 0.809. The van der Waals surface area contributed by atoms with Crippen LogP contribution in [0.2, 0.25) is 0 Å². The normalized spacial score (nSPS) is 29.6. The molecule has 4 atom stereocenters. The number of carbonyl (C=O) groups excluding carboxylic acids is 2. The molecular weight excluding hydrogens is 364 g/mol. The first-order valence-electron chi connectivity index (χ1n) is 10.3. The Hall–Kier alpha value is -2.02. The van der Waals surface area contributed by atoms with Crippen LogP contribution in [0.4, 0.5) is 8.78 Å². The van der Waals surface area contributed by atoms with E-state index in [4.69, 9.17) is 0 Å². The highest BCUT2D eigenvalue weighted by molar-refractivity contribution is 5.83. The van der Waals surface area contributed by atoms with Gasteiger partial charge >= 0.3 is 0 Å². The molecule has 1 aromatic rings. The summed E-state index contributed by atoms with van der Waals surface area (Å²) in [7, 11) is 0. The van der Waals surface area contributed by atoms with E-state index in [2.05, 4.69) is 10.6 Å². The van der Waals surface area contributed by atoms with Gasteiger partial charge in [0.1, 0.15) is 11.6 Å². The van der Waals surface area contributed by atoms with Gasteiger partial charge in [0.25, 0.3) is 0 Å². The summed E-state index contributed by atoms with van der Waals surface area (Å²) in [5, 5.41) is 6.21. The van der Waals surface area contributed by atoms with Crippen molar-refractivity contribution >= 4 is 11.8 Å². The summed E-state index contributed by atoms with van der Waals surface area (Å²) in [5.41, 5.74) is 0.435. The number of carbonyl (C=O) groups is 2. The van der Waals surface area contributed by atoms with Crippen molar-refractivity contribution in [1.82, 2.24) is 15.5 Å². The van der Waals surface area contributed by atoms with Crippen molar-refractivity contribution in [2.45, 2.75) is 44.1 Å². The van der Waals surface area contributed by atoms with Gasteiger partial charge in [0.15, 0.2) is 0 Å². The molecule has 4 rings (SSSR count). The molecule has 7 heteroatoms.